The van der Waals surface area contributed by atoms with Crippen LogP contribution in [0.2, 0.25) is 0 Å². The van der Waals surface area contributed by atoms with E-state index in [1.807, 2.05) is 4.52 Å². The number of fused-ring (bicyclic) bond motifs is 1. The van der Waals surface area contributed by atoms with Crippen LogP contribution in [0.1, 0.15) is 49.4 Å². The van der Waals surface area contributed by atoms with Gasteiger partial charge in [-0.1, -0.05) is 31.1 Å². The maximum absolute atomic E-state index is 6.19. The van der Waals surface area contributed by atoms with Crippen LogP contribution < -0.4 is 5.73 Å². The van der Waals surface area contributed by atoms with Crippen molar-refractivity contribution < 1.29 is 0 Å². The Balaban J connectivity index is 1.96. The second-order valence-electron chi connectivity index (χ2n) is 4.66. The highest BCUT2D eigenvalue weighted by Crippen LogP contribution is 2.34. The molecule has 2 aromatic heterocycles. The molecule has 2 atom stereocenters. The van der Waals surface area contributed by atoms with Crippen LogP contribution in [0.15, 0.2) is 0 Å². The molecule has 0 aromatic carbocycles. The summed E-state index contributed by atoms with van der Waals surface area (Å²) in [5.41, 5.74) is 6.19. The Morgan fingerprint density at radius 2 is 2.18 bits per heavy atom. The van der Waals surface area contributed by atoms with Crippen molar-refractivity contribution in [2.75, 3.05) is 0 Å². The second kappa shape index (κ2) is 4.34. The number of aromatic nitrogens is 4. The van der Waals surface area contributed by atoms with Crippen molar-refractivity contribution in [3.05, 3.63) is 10.8 Å². The zero-order valence-electron chi connectivity index (χ0n) is 9.96. The van der Waals surface area contributed by atoms with Gasteiger partial charge in [0.15, 0.2) is 5.82 Å². The smallest absolute Gasteiger partial charge is 0.234 e. The Morgan fingerprint density at radius 1 is 1.35 bits per heavy atom. The molecule has 1 aliphatic rings. The summed E-state index contributed by atoms with van der Waals surface area (Å²) in [6.07, 6.45) is 5.65. The zero-order chi connectivity index (χ0) is 11.8. The number of nitrogens with two attached hydrogens (primary N) is 1. The second-order valence-corrected chi connectivity index (χ2v) is 5.65. The molecule has 0 amide bonds. The molecule has 0 aliphatic heterocycles. The van der Waals surface area contributed by atoms with Gasteiger partial charge in [0.25, 0.3) is 0 Å². The largest absolute Gasteiger partial charge is 0.327 e. The van der Waals surface area contributed by atoms with E-state index in [1.165, 1.54) is 12.8 Å². The average molecular weight is 251 g/mol. The van der Waals surface area contributed by atoms with E-state index in [-0.39, 0.29) is 6.04 Å². The van der Waals surface area contributed by atoms with Gasteiger partial charge in [-0.2, -0.15) is 9.61 Å². The van der Waals surface area contributed by atoms with Crippen LogP contribution in [0.4, 0.5) is 0 Å². The maximum Gasteiger partial charge on any atom is 0.234 e. The molecule has 0 bridgehead atoms. The summed E-state index contributed by atoms with van der Waals surface area (Å²) in [6.45, 7) is 2.07. The van der Waals surface area contributed by atoms with Gasteiger partial charge in [-0.3, -0.25) is 0 Å². The van der Waals surface area contributed by atoms with E-state index in [2.05, 4.69) is 22.2 Å². The van der Waals surface area contributed by atoms with Crippen molar-refractivity contribution in [1.82, 2.24) is 19.8 Å². The average Bonchev–Trinajstić information content (AvgIpc) is 2.88. The monoisotopic (exact) mass is 251 g/mol. The molecule has 92 valence electrons. The summed E-state index contributed by atoms with van der Waals surface area (Å²) < 4.78 is 1.88. The molecule has 2 unspecified atom stereocenters. The van der Waals surface area contributed by atoms with E-state index in [1.54, 1.807) is 11.3 Å². The molecule has 1 aliphatic carbocycles. The first-order chi connectivity index (χ1) is 8.29. The SMILES string of the molecule is CCc1nnc2sc(C3CCCCC3N)nn12. The van der Waals surface area contributed by atoms with Crippen LogP contribution in [-0.2, 0) is 6.42 Å². The van der Waals surface area contributed by atoms with Crippen LogP contribution in [0.5, 0.6) is 0 Å². The maximum atomic E-state index is 6.19. The third kappa shape index (κ3) is 1.85. The summed E-state index contributed by atoms with van der Waals surface area (Å²) in [5.74, 6) is 1.35. The Morgan fingerprint density at radius 3 is 2.94 bits per heavy atom. The van der Waals surface area contributed by atoms with Gasteiger partial charge in [0.05, 0.1) is 0 Å². The molecular formula is C11H17N5S. The van der Waals surface area contributed by atoms with E-state index in [0.717, 1.165) is 35.1 Å². The van der Waals surface area contributed by atoms with E-state index in [4.69, 9.17) is 5.73 Å². The first-order valence-electron chi connectivity index (χ1n) is 6.26. The minimum atomic E-state index is 0.262. The molecule has 17 heavy (non-hydrogen) atoms. The predicted octanol–water partition coefficient (Wildman–Crippen LogP) is 1.73. The van der Waals surface area contributed by atoms with Crippen molar-refractivity contribution in [2.45, 2.75) is 51.0 Å². The lowest BCUT2D eigenvalue weighted by atomic mass is 9.86. The molecule has 2 heterocycles. The zero-order valence-corrected chi connectivity index (χ0v) is 10.8. The van der Waals surface area contributed by atoms with E-state index in [0.29, 0.717) is 5.92 Å². The lowest BCUT2D eigenvalue weighted by Gasteiger charge is -2.26. The minimum Gasteiger partial charge on any atom is -0.327 e. The predicted molar refractivity (Wildman–Crippen MR) is 67.2 cm³/mol. The summed E-state index contributed by atoms with van der Waals surface area (Å²) in [5, 5.41) is 14.1. The topological polar surface area (TPSA) is 69.1 Å². The van der Waals surface area contributed by atoms with Gasteiger partial charge >= 0.3 is 0 Å². The molecule has 2 N–H and O–H groups in total. The quantitative estimate of drug-likeness (QED) is 0.882. The Hall–Kier alpha value is -1.01. The molecule has 0 radical (unpaired) electrons. The lowest BCUT2D eigenvalue weighted by molar-refractivity contribution is 0.382. The number of hydrogen-bond acceptors (Lipinski definition) is 5. The summed E-state index contributed by atoms with van der Waals surface area (Å²) in [7, 11) is 0. The third-order valence-electron chi connectivity index (χ3n) is 3.52. The minimum absolute atomic E-state index is 0.262. The number of nitrogens with zero attached hydrogens (tertiary/aromatic N) is 4. The number of hydrogen-bond donors (Lipinski definition) is 1. The fourth-order valence-electron chi connectivity index (χ4n) is 2.51. The fourth-order valence-corrected chi connectivity index (χ4v) is 3.58. The highest BCUT2D eigenvalue weighted by Gasteiger charge is 2.27. The summed E-state index contributed by atoms with van der Waals surface area (Å²) >= 11 is 1.64. The summed E-state index contributed by atoms with van der Waals surface area (Å²) in [4.78, 5) is 0.898. The van der Waals surface area contributed by atoms with Gasteiger partial charge < -0.3 is 5.73 Å². The molecular weight excluding hydrogens is 234 g/mol. The molecule has 1 fully saturated rings. The van der Waals surface area contributed by atoms with Gasteiger partial charge in [0, 0.05) is 18.4 Å². The van der Waals surface area contributed by atoms with Crippen molar-refractivity contribution >= 4 is 16.3 Å². The van der Waals surface area contributed by atoms with Gasteiger partial charge in [-0.05, 0) is 12.8 Å². The van der Waals surface area contributed by atoms with Gasteiger partial charge in [0.1, 0.15) is 5.01 Å². The summed E-state index contributed by atoms with van der Waals surface area (Å²) in [6, 6.07) is 0.262. The number of rotatable bonds is 2. The van der Waals surface area contributed by atoms with Gasteiger partial charge in [0.2, 0.25) is 4.96 Å². The van der Waals surface area contributed by atoms with Crippen LogP contribution in [0.25, 0.3) is 4.96 Å². The first-order valence-corrected chi connectivity index (χ1v) is 7.08. The van der Waals surface area contributed by atoms with E-state index < -0.39 is 0 Å². The molecule has 1 saturated carbocycles. The Bertz CT molecular complexity index is 517. The van der Waals surface area contributed by atoms with Crippen molar-refractivity contribution in [2.24, 2.45) is 5.73 Å². The normalized spacial score (nSPS) is 25.5. The van der Waals surface area contributed by atoms with Gasteiger partial charge in [-0.25, -0.2) is 0 Å². The van der Waals surface area contributed by atoms with Crippen molar-refractivity contribution in [1.29, 1.82) is 0 Å². The van der Waals surface area contributed by atoms with Crippen LogP contribution in [0.3, 0.4) is 0 Å². The van der Waals surface area contributed by atoms with Crippen molar-refractivity contribution in [3.8, 4) is 0 Å². The molecule has 5 nitrogen and oxygen atoms in total. The van der Waals surface area contributed by atoms with Gasteiger partial charge in [-0.15, -0.1) is 10.2 Å². The molecule has 0 saturated heterocycles. The van der Waals surface area contributed by atoms with Crippen LogP contribution in [0, 0.1) is 0 Å². The van der Waals surface area contributed by atoms with E-state index in [9.17, 15) is 0 Å². The lowest BCUT2D eigenvalue weighted by Crippen LogP contribution is -2.31. The standard InChI is InChI=1S/C11H17N5S/c1-2-9-13-14-11-16(9)15-10(17-11)7-5-3-4-6-8(7)12/h7-8H,2-6,12H2,1H3. The third-order valence-corrected chi connectivity index (χ3v) is 4.55. The first kappa shape index (κ1) is 11.1. The van der Waals surface area contributed by atoms with E-state index >= 15 is 0 Å². The molecule has 2 aromatic rings. The Kier molecular flexibility index (Phi) is 2.84. The highest BCUT2D eigenvalue weighted by atomic mass is 32.1. The number of aryl methyl sites for hydroxylation is 1. The molecule has 3 rings (SSSR count). The Labute approximate surface area is 104 Å². The van der Waals surface area contributed by atoms with Crippen LogP contribution >= 0.6 is 11.3 Å². The molecule has 6 heteroatoms. The van der Waals surface area contributed by atoms with Crippen molar-refractivity contribution in [3.63, 3.8) is 0 Å². The fraction of sp³-hybridized carbons (Fsp3) is 0.727. The van der Waals surface area contributed by atoms with Crippen LogP contribution in [-0.4, -0.2) is 25.9 Å². The highest BCUT2D eigenvalue weighted by molar-refractivity contribution is 7.16. The molecule has 0 spiro atoms.